The number of aromatic nitrogens is 2. The zero-order valence-electron chi connectivity index (χ0n) is 16.1. The van der Waals surface area contributed by atoms with E-state index in [1.807, 2.05) is 39.9 Å². The van der Waals surface area contributed by atoms with Gasteiger partial charge < -0.3 is 19.1 Å². The summed E-state index contributed by atoms with van der Waals surface area (Å²) in [4.78, 5) is 46.7. The molecule has 1 atom stereocenters. The molecule has 2 aromatic rings. The van der Waals surface area contributed by atoms with E-state index < -0.39 is 6.04 Å². The van der Waals surface area contributed by atoms with Gasteiger partial charge in [-0.25, -0.2) is 4.98 Å². The molecular weight excluding hydrogens is 358 g/mol. The molecule has 2 aromatic heterocycles. The number of hydrogen-bond donors (Lipinski definition) is 0. The smallest absolute Gasteiger partial charge is 0.245 e. The normalized spacial score (nSPS) is 20.7. The highest BCUT2D eigenvalue weighted by Crippen LogP contribution is 2.17. The number of pyridine rings is 1. The van der Waals surface area contributed by atoms with Gasteiger partial charge in [-0.2, -0.15) is 0 Å². The topological polar surface area (TPSA) is 78.2 Å². The standard InChI is InChI=1S/C20H25N5O3/c1-15-20(28)24(11-5-10-22-9-4-7-18(22)26)14-19(27)25(15)13-16-12-23-8-3-2-6-17(23)21-16/h2-3,6,8,12,15H,4-5,7,9-11,13-14H2,1H3/t15-/m0/s1. The molecule has 28 heavy (non-hydrogen) atoms. The van der Waals surface area contributed by atoms with Gasteiger partial charge in [0.15, 0.2) is 0 Å². The van der Waals surface area contributed by atoms with Crippen molar-refractivity contribution in [2.45, 2.75) is 38.8 Å². The molecule has 0 aromatic carbocycles. The second kappa shape index (κ2) is 7.61. The van der Waals surface area contributed by atoms with Crippen molar-refractivity contribution in [1.82, 2.24) is 24.1 Å². The maximum atomic E-state index is 12.8. The van der Waals surface area contributed by atoms with Crippen LogP contribution in [-0.2, 0) is 20.9 Å². The molecule has 2 aliphatic rings. The van der Waals surface area contributed by atoms with E-state index in [0.29, 0.717) is 32.5 Å². The molecule has 0 aliphatic carbocycles. The van der Waals surface area contributed by atoms with Crippen LogP contribution in [0.4, 0.5) is 0 Å². The van der Waals surface area contributed by atoms with Gasteiger partial charge in [-0.15, -0.1) is 0 Å². The van der Waals surface area contributed by atoms with Gasteiger partial charge >= 0.3 is 0 Å². The lowest BCUT2D eigenvalue weighted by molar-refractivity contribution is -0.155. The number of carbonyl (C=O) groups is 3. The number of nitrogens with zero attached hydrogens (tertiary/aromatic N) is 5. The van der Waals surface area contributed by atoms with Crippen molar-refractivity contribution in [3.8, 4) is 0 Å². The van der Waals surface area contributed by atoms with E-state index in [0.717, 1.165) is 24.3 Å². The summed E-state index contributed by atoms with van der Waals surface area (Å²) in [6.07, 6.45) is 6.03. The second-order valence-electron chi connectivity index (χ2n) is 7.49. The Morgan fingerprint density at radius 1 is 1.11 bits per heavy atom. The molecule has 0 N–H and O–H groups in total. The number of amides is 3. The van der Waals surface area contributed by atoms with Gasteiger partial charge in [-0.3, -0.25) is 14.4 Å². The Bertz CT molecular complexity index is 875. The molecule has 4 rings (SSSR count). The van der Waals surface area contributed by atoms with Crippen LogP contribution in [0.5, 0.6) is 0 Å². The Hall–Kier alpha value is -2.90. The number of piperazine rings is 1. The van der Waals surface area contributed by atoms with Gasteiger partial charge in [-0.05, 0) is 31.9 Å². The van der Waals surface area contributed by atoms with Crippen LogP contribution in [0, 0.1) is 0 Å². The summed E-state index contributed by atoms with van der Waals surface area (Å²) in [7, 11) is 0. The first kappa shape index (κ1) is 18.5. The lowest BCUT2D eigenvalue weighted by Crippen LogP contribution is -2.58. The predicted octanol–water partition coefficient (Wildman–Crippen LogP) is 0.906. The van der Waals surface area contributed by atoms with Gasteiger partial charge in [0.05, 0.1) is 18.8 Å². The van der Waals surface area contributed by atoms with Crippen LogP contribution in [0.15, 0.2) is 30.6 Å². The molecule has 4 heterocycles. The molecule has 0 spiro atoms. The first-order chi connectivity index (χ1) is 13.5. The molecule has 8 nitrogen and oxygen atoms in total. The first-order valence-electron chi connectivity index (χ1n) is 9.81. The minimum absolute atomic E-state index is 0.0453. The van der Waals surface area contributed by atoms with E-state index in [1.54, 1.807) is 16.7 Å². The highest BCUT2D eigenvalue weighted by Gasteiger charge is 2.36. The third-order valence-corrected chi connectivity index (χ3v) is 5.56. The van der Waals surface area contributed by atoms with Gasteiger partial charge in [0.2, 0.25) is 17.7 Å². The number of fused-ring (bicyclic) bond motifs is 1. The zero-order chi connectivity index (χ0) is 19.7. The van der Waals surface area contributed by atoms with Crippen LogP contribution < -0.4 is 0 Å². The van der Waals surface area contributed by atoms with Gasteiger partial charge in [0.1, 0.15) is 11.7 Å². The summed E-state index contributed by atoms with van der Waals surface area (Å²) in [5.41, 5.74) is 1.58. The van der Waals surface area contributed by atoms with E-state index in [9.17, 15) is 14.4 Å². The summed E-state index contributed by atoms with van der Waals surface area (Å²) >= 11 is 0. The molecule has 0 radical (unpaired) electrons. The summed E-state index contributed by atoms with van der Waals surface area (Å²) in [5, 5.41) is 0. The van der Waals surface area contributed by atoms with Crippen LogP contribution in [0.25, 0.3) is 5.65 Å². The second-order valence-corrected chi connectivity index (χ2v) is 7.49. The van der Waals surface area contributed by atoms with Crippen LogP contribution in [0.1, 0.15) is 31.9 Å². The first-order valence-corrected chi connectivity index (χ1v) is 9.81. The number of imidazole rings is 1. The number of carbonyl (C=O) groups excluding carboxylic acids is 3. The average molecular weight is 383 g/mol. The van der Waals surface area contributed by atoms with E-state index in [-0.39, 0.29) is 24.3 Å². The van der Waals surface area contributed by atoms with E-state index in [1.165, 1.54) is 0 Å². The van der Waals surface area contributed by atoms with Crippen molar-refractivity contribution in [2.24, 2.45) is 0 Å². The monoisotopic (exact) mass is 383 g/mol. The van der Waals surface area contributed by atoms with Gasteiger partial charge in [0, 0.05) is 38.4 Å². The van der Waals surface area contributed by atoms with Crippen molar-refractivity contribution in [3.05, 3.63) is 36.3 Å². The number of rotatable bonds is 6. The average Bonchev–Trinajstić information content (AvgIpc) is 3.28. The molecule has 2 aliphatic heterocycles. The van der Waals surface area contributed by atoms with E-state index in [2.05, 4.69) is 4.98 Å². The Morgan fingerprint density at radius 3 is 2.68 bits per heavy atom. The highest BCUT2D eigenvalue weighted by molar-refractivity contribution is 5.94. The highest BCUT2D eigenvalue weighted by atomic mass is 16.2. The van der Waals surface area contributed by atoms with Crippen molar-refractivity contribution in [2.75, 3.05) is 26.2 Å². The third-order valence-electron chi connectivity index (χ3n) is 5.56. The molecule has 2 saturated heterocycles. The lowest BCUT2D eigenvalue weighted by atomic mass is 10.1. The third kappa shape index (κ3) is 3.58. The Balaban J connectivity index is 1.36. The lowest BCUT2D eigenvalue weighted by Gasteiger charge is -2.38. The molecule has 2 fully saturated rings. The largest absolute Gasteiger partial charge is 0.343 e. The fourth-order valence-corrected chi connectivity index (χ4v) is 3.99. The molecule has 0 unspecified atom stereocenters. The van der Waals surface area contributed by atoms with Crippen LogP contribution in [-0.4, -0.2) is 74.0 Å². The van der Waals surface area contributed by atoms with Crippen LogP contribution in [0.2, 0.25) is 0 Å². The van der Waals surface area contributed by atoms with Crippen molar-refractivity contribution < 1.29 is 14.4 Å². The van der Waals surface area contributed by atoms with E-state index >= 15 is 0 Å². The maximum Gasteiger partial charge on any atom is 0.245 e. The summed E-state index contributed by atoms with van der Waals surface area (Å²) in [6, 6.07) is 5.23. The Kier molecular flexibility index (Phi) is 5.02. The summed E-state index contributed by atoms with van der Waals surface area (Å²) in [5.74, 6) is 0.0746. The zero-order valence-corrected chi connectivity index (χ0v) is 16.1. The van der Waals surface area contributed by atoms with Crippen molar-refractivity contribution in [3.63, 3.8) is 0 Å². The summed E-state index contributed by atoms with van der Waals surface area (Å²) in [6.45, 7) is 4.13. The quantitative estimate of drug-likeness (QED) is 0.743. The predicted molar refractivity (Wildman–Crippen MR) is 102 cm³/mol. The Labute approximate surface area is 163 Å². The van der Waals surface area contributed by atoms with Gasteiger partial charge in [0.25, 0.3) is 0 Å². The number of likely N-dealkylation sites (tertiary alicyclic amines) is 1. The SMILES string of the molecule is C[C@H]1C(=O)N(CCCN2CCCC2=O)CC(=O)N1Cc1cn2ccccc2n1. The summed E-state index contributed by atoms with van der Waals surface area (Å²) < 4.78 is 1.90. The van der Waals surface area contributed by atoms with Crippen LogP contribution in [0.3, 0.4) is 0 Å². The minimum atomic E-state index is -0.514. The van der Waals surface area contributed by atoms with Crippen molar-refractivity contribution >= 4 is 23.4 Å². The maximum absolute atomic E-state index is 12.8. The van der Waals surface area contributed by atoms with Crippen molar-refractivity contribution in [1.29, 1.82) is 0 Å². The fraction of sp³-hybridized carbons (Fsp3) is 0.500. The van der Waals surface area contributed by atoms with E-state index in [4.69, 9.17) is 0 Å². The molecule has 8 heteroatoms. The van der Waals surface area contributed by atoms with Gasteiger partial charge in [-0.1, -0.05) is 6.07 Å². The molecule has 148 valence electrons. The molecule has 0 saturated carbocycles. The molecule has 3 amide bonds. The number of hydrogen-bond acceptors (Lipinski definition) is 4. The minimum Gasteiger partial charge on any atom is -0.343 e. The molecular formula is C20H25N5O3. The molecule has 0 bridgehead atoms. The fourth-order valence-electron chi connectivity index (χ4n) is 3.99. The van der Waals surface area contributed by atoms with Crippen LogP contribution >= 0.6 is 0 Å². The Morgan fingerprint density at radius 2 is 1.93 bits per heavy atom.